The van der Waals surface area contributed by atoms with Crippen molar-refractivity contribution in [3.63, 3.8) is 0 Å². The first kappa shape index (κ1) is 22.3. The Hall–Kier alpha value is -5.54. The Morgan fingerprint density at radius 3 is 1.98 bits per heavy atom. The number of aromatic nitrogens is 3. The van der Waals surface area contributed by atoms with Gasteiger partial charge in [0, 0.05) is 44.5 Å². The molecule has 0 saturated carbocycles. The topological polar surface area (TPSA) is 25.1 Å². The molecule has 0 aliphatic heterocycles. The number of hydrogen-bond donors (Lipinski definition) is 1. The van der Waals surface area contributed by atoms with Gasteiger partial charge in [0.15, 0.2) is 0 Å². The Balaban J connectivity index is 1.30. The quantitative estimate of drug-likeness (QED) is 0.238. The zero-order valence-electron chi connectivity index (χ0n) is 22.3. The van der Waals surface area contributed by atoms with Crippen LogP contribution in [0.3, 0.4) is 0 Å². The summed E-state index contributed by atoms with van der Waals surface area (Å²) in [6.45, 7) is 0. The van der Waals surface area contributed by atoms with Gasteiger partial charge in [-0.1, -0.05) is 84.9 Å². The Labute approximate surface area is 236 Å². The molecule has 1 N–H and O–H groups in total. The second-order valence-corrected chi connectivity index (χ2v) is 10.7. The fraction of sp³-hybridized carbons (Fsp3) is 0. The van der Waals surface area contributed by atoms with E-state index in [9.17, 15) is 0 Å². The highest BCUT2D eigenvalue weighted by Crippen LogP contribution is 2.41. The van der Waals surface area contributed by atoms with Gasteiger partial charge in [-0.3, -0.25) is 0 Å². The van der Waals surface area contributed by atoms with Gasteiger partial charge < -0.3 is 14.0 Å². The number of nitrogens with one attached hydrogen (secondary N) is 1. The van der Waals surface area contributed by atoms with E-state index in [-0.39, 0.29) is 0 Å². The summed E-state index contributed by atoms with van der Waals surface area (Å²) in [5.41, 5.74) is 12.0. The average molecular weight is 524 g/mol. The third-order valence-corrected chi connectivity index (χ3v) is 8.47. The van der Waals surface area contributed by atoms with E-state index in [4.69, 9.17) is 0 Å². The highest BCUT2D eigenvalue weighted by Gasteiger charge is 2.19. The Morgan fingerprint density at radius 1 is 0.463 bits per heavy atom. The fourth-order valence-corrected chi connectivity index (χ4v) is 6.67. The molecule has 4 heterocycles. The highest BCUT2D eigenvalue weighted by atomic mass is 15.0. The van der Waals surface area contributed by atoms with Crippen LogP contribution in [-0.2, 0) is 0 Å². The van der Waals surface area contributed by atoms with Gasteiger partial charge in [0.25, 0.3) is 0 Å². The summed E-state index contributed by atoms with van der Waals surface area (Å²) in [5, 5.41) is 5.04. The largest absolute Gasteiger partial charge is 0.340 e. The monoisotopic (exact) mass is 523 g/mol. The van der Waals surface area contributed by atoms with E-state index in [1.54, 1.807) is 0 Å². The smallest absolute Gasteiger partial charge is 0.123 e. The van der Waals surface area contributed by atoms with Crippen LogP contribution in [-0.4, -0.2) is 14.0 Å². The Morgan fingerprint density at radius 2 is 1.12 bits per heavy atom. The molecule has 0 aliphatic rings. The molecule has 0 aliphatic carbocycles. The maximum absolute atomic E-state index is 3.72. The van der Waals surface area contributed by atoms with Crippen LogP contribution in [0.25, 0.3) is 77.2 Å². The first-order valence-corrected chi connectivity index (χ1v) is 14.0. The predicted molar refractivity (Wildman–Crippen MR) is 172 cm³/mol. The summed E-state index contributed by atoms with van der Waals surface area (Å²) in [7, 11) is 0. The van der Waals surface area contributed by atoms with Crippen molar-refractivity contribution < 1.29 is 0 Å². The molecule has 0 fully saturated rings. The number of fused-ring (bicyclic) bond motifs is 8. The molecule has 0 spiro atoms. The van der Waals surface area contributed by atoms with Crippen molar-refractivity contribution in [3.05, 3.63) is 146 Å². The van der Waals surface area contributed by atoms with Gasteiger partial charge in [-0.25, -0.2) is 0 Å². The summed E-state index contributed by atoms with van der Waals surface area (Å²) >= 11 is 0. The Kier molecular flexibility index (Phi) is 4.61. The molecule has 0 amide bonds. The van der Waals surface area contributed by atoms with E-state index in [2.05, 4.69) is 160 Å². The van der Waals surface area contributed by atoms with E-state index in [0.29, 0.717) is 0 Å². The molecule has 9 aromatic rings. The maximum Gasteiger partial charge on any atom is 0.123 e. The van der Waals surface area contributed by atoms with Crippen LogP contribution >= 0.6 is 0 Å². The first-order valence-electron chi connectivity index (χ1n) is 14.0. The lowest BCUT2D eigenvalue weighted by Crippen LogP contribution is -1.92. The summed E-state index contributed by atoms with van der Waals surface area (Å²) < 4.78 is 4.65. The lowest BCUT2D eigenvalue weighted by atomic mass is 9.98. The van der Waals surface area contributed by atoms with Crippen molar-refractivity contribution in [1.29, 1.82) is 0 Å². The molecule has 41 heavy (non-hydrogen) atoms. The van der Waals surface area contributed by atoms with Gasteiger partial charge in [0.1, 0.15) is 5.65 Å². The van der Waals surface area contributed by atoms with Crippen molar-refractivity contribution in [2.45, 2.75) is 0 Å². The summed E-state index contributed by atoms with van der Waals surface area (Å²) in [4.78, 5) is 3.72. The second-order valence-electron chi connectivity index (χ2n) is 10.7. The number of para-hydroxylation sites is 2. The van der Waals surface area contributed by atoms with Gasteiger partial charge in [0.05, 0.1) is 16.6 Å². The summed E-state index contributed by atoms with van der Waals surface area (Å²) in [6.07, 6.45) is 2.15. The molecule has 3 heteroatoms. The maximum atomic E-state index is 3.72. The van der Waals surface area contributed by atoms with E-state index >= 15 is 0 Å². The van der Waals surface area contributed by atoms with Crippen LogP contribution in [0.15, 0.2) is 146 Å². The molecular formula is C38H25N3. The van der Waals surface area contributed by atoms with Crippen LogP contribution in [0.4, 0.5) is 0 Å². The van der Waals surface area contributed by atoms with Gasteiger partial charge in [-0.15, -0.1) is 0 Å². The normalized spacial score (nSPS) is 11.9. The van der Waals surface area contributed by atoms with Gasteiger partial charge in [-0.2, -0.15) is 0 Å². The fourth-order valence-electron chi connectivity index (χ4n) is 6.67. The third kappa shape index (κ3) is 3.20. The van der Waals surface area contributed by atoms with Crippen molar-refractivity contribution in [2.24, 2.45) is 0 Å². The van der Waals surface area contributed by atoms with Crippen LogP contribution < -0.4 is 0 Å². The summed E-state index contributed by atoms with van der Waals surface area (Å²) in [5.74, 6) is 0. The number of H-pyrrole nitrogens is 1. The standard InChI is InChI=1S/C38H25N3/c1-3-11-25(12-4-1)36-35-17-9-10-22-40(35)38-37(36)31-24-26(18-20-32(31)39-38)27-19-21-34-30(23-27)29-15-7-8-16-33(29)41(34)28-13-5-2-6-14-28/h1-24,39H. The molecule has 0 radical (unpaired) electrons. The SMILES string of the molecule is c1ccc(-c2c3c4cc(-c5ccc6c(c5)c5ccccc5n6-c5ccccc5)ccc4[nH]c3n3ccccc23)cc1. The molecule has 3 nitrogen and oxygen atoms in total. The Bertz CT molecular complexity index is 2400. The number of nitrogens with zero attached hydrogens (tertiary/aromatic N) is 2. The lowest BCUT2D eigenvalue weighted by Gasteiger charge is -2.08. The van der Waals surface area contributed by atoms with Crippen LogP contribution in [0.2, 0.25) is 0 Å². The van der Waals surface area contributed by atoms with Gasteiger partial charge >= 0.3 is 0 Å². The van der Waals surface area contributed by atoms with E-state index in [1.807, 2.05) is 0 Å². The number of pyridine rings is 1. The molecule has 9 rings (SSSR count). The minimum Gasteiger partial charge on any atom is -0.340 e. The van der Waals surface area contributed by atoms with Crippen molar-refractivity contribution in [1.82, 2.24) is 14.0 Å². The van der Waals surface area contributed by atoms with E-state index in [0.717, 1.165) is 11.2 Å². The molecule has 0 atom stereocenters. The molecule has 4 aromatic heterocycles. The number of benzene rings is 5. The van der Waals surface area contributed by atoms with Crippen LogP contribution in [0, 0.1) is 0 Å². The van der Waals surface area contributed by atoms with Crippen molar-refractivity contribution in [2.75, 3.05) is 0 Å². The number of aromatic amines is 1. The lowest BCUT2D eigenvalue weighted by molar-refractivity contribution is 1.18. The predicted octanol–water partition coefficient (Wildman–Crippen LogP) is 10.0. The number of hydrogen-bond acceptors (Lipinski definition) is 0. The summed E-state index contributed by atoms with van der Waals surface area (Å²) in [6, 6.07) is 50.2. The molecule has 0 saturated heterocycles. The van der Waals surface area contributed by atoms with Crippen LogP contribution in [0.1, 0.15) is 0 Å². The minimum atomic E-state index is 1.13. The zero-order chi connectivity index (χ0) is 26.9. The van der Waals surface area contributed by atoms with Crippen molar-refractivity contribution in [3.8, 4) is 27.9 Å². The van der Waals surface area contributed by atoms with Gasteiger partial charge in [-0.05, 0) is 71.3 Å². The van der Waals surface area contributed by atoms with Crippen LogP contribution in [0.5, 0.6) is 0 Å². The third-order valence-electron chi connectivity index (χ3n) is 8.47. The van der Waals surface area contributed by atoms with Crippen molar-refractivity contribution >= 4 is 49.3 Å². The molecule has 192 valence electrons. The van der Waals surface area contributed by atoms with E-state index in [1.165, 1.54) is 66.0 Å². The number of rotatable bonds is 3. The first-order chi connectivity index (χ1) is 20.3. The molecule has 0 bridgehead atoms. The van der Waals surface area contributed by atoms with Gasteiger partial charge in [0.2, 0.25) is 0 Å². The second kappa shape index (κ2) is 8.48. The zero-order valence-corrected chi connectivity index (χ0v) is 22.3. The van der Waals surface area contributed by atoms with E-state index < -0.39 is 0 Å². The minimum absolute atomic E-state index is 1.13. The molecular weight excluding hydrogens is 498 g/mol. The highest BCUT2D eigenvalue weighted by molar-refractivity contribution is 6.19. The molecule has 5 aromatic carbocycles. The molecule has 0 unspecified atom stereocenters. The average Bonchev–Trinajstić information content (AvgIpc) is 3.68.